The van der Waals surface area contributed by atoms with E-state index < -0.39 is 0 Å². The summed E-state index contributed by atoms with van der Waals surface area (Å²) in [5, 5.41) is 0. The average molecular weight is 168 g/mol. The van der Waals surface area contributed by atoms with Crippen LogP contribution in [0.4, 0.5) is 0 Å². The van der Waals surface area contributed by atoms with Crippen LogP contribution in [0, 0.1) is 5.92 Å². The van der Waals surface area contributed by atoms with Gasteiger partial charge in [-0.1, -0.05) is 13.8 Å². The molecule has 0 radical (unpaired) electrons. The maximum Gasteiger partial charge on any atom is 0.0709 e. The first-order valence-electron chi connectivity index (χ1n) is 5.41. The molecule has 2 saturated heterocycles. The van der Waals surface area contributed by atoms with Crippen LogP contribution in [-0.2, 0) is 4.74 Å². The number of hydrogen-bond donors (Lipinski definition) is 0. The van der Waals surface area contributed by atoms with Crippen LogP contribution in [0.2, 0.25) is 0 Å². The Morgan fingerprint density at radius 1 is 1.17 bits per heavy atom. The second kappa shape index (κ2) is 3.02. The van der Waals surface area contributed by atoms with Crippen molar-refractivity contribution in [2.24, 2.45) is 5.92 Å². The van der Waals surface area contributed by atoms with Crippen LogP contribution in [0.5, 0.6) is 0 Å². The van der Waals surface area contributed by atoms with Crippen molar-refractivity contribution in [3.63, 3.8) is 0 Å². The topological polar surface area (TPSA) is 9.23 Å². The Morgan fingerprint density at radius 2 is 1.75 bits per heavy atom. The van der Waals surface area contributed by atoms with E-state index >= 15 is 0 Å². The fourth-order valence-electron chi connectivity index (χ4n) is 2.81. The average Bonchev–Trinajstić information content (AvgIpc) is 2.04. The van der Waals surface area contributed by atoms with Crippen molar-refractivity contribution in [2.45, 2.75) is 64.1 Å². The highest BCUT2D eigenvalue weighted by molar-refractivity contribution is 4.92. The van der Waals surface area contributed by atoms with Gasteiger partial charge in [0.05, 0.1) is 11.7 Å². The molecular weight excluding hydrogens is 148 g/mol. The monoisotopic (exact) mass is 168 g/mol. The van der Waals surface area contributed by atoms with Gasteiger partial charge in [0.2, 0.25) is 0 Å². The van der Waals surface area contributed by atoms with E-state index in [1.54, 1.807) is 0 Å². The molecule has 0 amide bonds. The third-order valence-corrected chi connectivity index (χ3v) is 3.71. The number of ether oxygens (including phenoxy) is 1. The highest BCUT2D eigenvalue weighted by atomic mass is 16.5. The molecular formula is C11H20O. The Hall–Kier alpha value is -0.0400. The Kier molecular flexibility index (Phi) is 2.16. The molecule has 0 aromatic heterocycles. The maximum absolute atomic E-state index is 6.17. The lowest BCUT2D eigenvalue weighted by molar-refractivity contribution is -0.181. The molecule has 70 valence electrons. The minimum atomic E-state index is 0.279. The fourth-order valence-corrected chi connectivity index (χ4v) is 2.81. The lowest BCUT2D eigenvalue weighted by Gasteiger charge is -2.48. The van der Waals surface area contributed by atoms with Crippen LogP contribution in [0.3, 0.4) is 0 Å². The summed E-state index contributed by atoms with van der Waals surface area (Å²) in [7, 11) is 0. The molecule has 12 heavy (non-hydrogen) atoms. The third kappa shape index (κ3) is 1.28. The first-order valence-corrected chi connectivity index (χ1v) is 5.41. The van der Waals surface area contributed by atoms with E-state index in [9.17, 15) is 0 Å². The first kappa shape index (κ1) is 8.55. The Balaban J connectivity index is 2.12. The smallest absolute Gasteiger partial charge is 0.0709 e. The van der Waals surface area contributed by atoms with Gasteiger partial charge in [-0.2, -0.15) is 0 Å². The number of fused-ring (bicyclic) bond motifs is 2. The molecule has 0 N–H and O–H groups in total. The summed E-state index contributed by atoms with van der Waals surface area (Å²) in [5.41, 5.74) is 0.279. The van der Waals surface area contributed by atoms with Gasteiger partial charge in [-0.05, 0) is 44.4 Å². The minimum Gasteiger partial charge on any atom is -0.372 e. The highest BCUT2D eigenvalue weighted by Gasteiger charge is 2.42. The Labute approximate surface area is 75.5 Å². The quantitative estimate of drug-likeness (QED) is 0.584. The second-order valence-electron chi connectivity index (χ2n) is 4.74. The Morgan fingerprint density at radius 3 is 2.17 bits per heavy atom. The Bertz CT molecular complexity index is 152. The van der Waals surface area contributed by atoms with Crippen molar-refractivity contribution in [2.75, 3.05) is 0 Å². The molecule has 0 saturated carbocycles. The summed E-state index contributed by atoms with van der Waals surface area (Å²) in [6.07, 6.45) is 8.63. The van der Waals surface area contributed by atoms with E-state index in [0.29, 0.717) is 12.0 Å². The summed E-state index contributed by atoms with van der Waals surface area (Å²) in [6.45, 7) is 4.63. The van der Waals surface area contributed by atoms with Crippen molar-refractivity contribution in [3.8, 4) is 0 Å². The molecule has 0 spiro atoms. The van der Waals surface area contributed by atoms with Crippen LogP contribution in [0.1, 0.15) is 52.4 Å². The molecule has 2 aliphatic heterocycles. The molecule has 0 atom stereocenters. The fraction of sp³-hybridized carbons (Fsp3) is 1.00. The van der Waals surface area contributed by atoms with Crippen LogP contribution in [0.25, 0.3) is 0 Å². The number of hydrogen-bond acceptors (Lipinski definition) is 1. The predicted molar refractivity (Wildman–Crippen MR) is 50.1 cm³/mol. The molecule has 2 fully saturated rings. The lowest BCUT2D eigenvalue weighted by atomic mass is 9.75. The van der Waals surface area contributed by atoms with E-state index in [2.05, 4.69) is 13.8 Å². The van der Waals surface area contributed by atoms with E-state index in [-0.39, 0.29) is 5.60 Å². The van der Waals surface area contributed by atoms with Crippen LogP contribution < -0.4 is 0 Å². The van der Waals surface area contributed by atoms with Crippen LogP contribution in [-0.4, -0.2) is 11.7 Å². The molecule has 2 heterocycles. The molecule has 0 unspecified atom stereocenters. The molecule has 2 aliphatic rings. The van der Waals surface area contributed by atoms with Gasteiger partial charge < -0.3 is 4.74 Å². The zero-order chi connectivity index (χ0) is 8.60. The normalized spacial score (nSPS) is 41.8. The van der Waals surface area contributed by atoms with Gasteiger partial charge in [-0.15, -0.1) is 0 Å². The SMILES string of the molecule is CC(C)C12CCCC(CCC1)O2. The van der Waals surface area contributed by atoms with Gasteiger partial charge in [0.25, 0.3) is 0 Å². The molecule has 1 nitrogen and oxygen atoms in total. The van der Waals surface area contributed by atoms with E-state index in [1.165, 1.54) is 38.5 Å². The van der Waals surface area contributed by atoms with E-state index in [4.69, 9.17) is 4.74 Å². The van der Waals surface area contributed by atoms with E-state index in [1.807, 2.05) is 0 Å². The van der Waals surface area contributed by atoms with Gasteiger partial charge >= 0.3 is 0 Å². The largest absolute Gasteiger partial charge is 0.372 e. The van der Waals surface area contributed by atoms with Gasteiger partial charge in [-0.25, -0.2) is 0 Å². The molecule has 0 aliphatic carbocycles. The summed E-state index contributed by atoms with van der Waals surface area (Å²) in [4.78, 5) is 0. The zero-order valence-electron chi connectivity index (χ0n) is 8.31. The third-order valence-electron chi connectivity index (χ3n) is 3.71. The lowest BCUT2D eigenvalue weighted by Crippen LogP contribution is -2.47. The highest BCUT2D eigenvalue weighted by Crippen LogP contribution is 2.43. The second-order valence-corrected chi connectivity index (χ2v) is 4.74. The minimum absolute atomic E-state index is 0.279. The van der Waals surface area contributed by atoms with E-state index in [0.717, 1.165) is 0 Å². The summed E-state index contributed by atoms with van der Waals surface area (Å²) in [5.74, 6) is 0.709. The predicted octanol–water partition coefficient (Wildman–Crippen LogP) is 3.13. The summed E-state index contributed by atoms with van der Waals surface area (Å²) >= 11 is 0. The van der Waals surface area contributed by atoms with Crippen LogP contribution >= 0.6 is 0 Å². The maximum atomic E-state index is 6.17. The van der Waals surface area contributed by atoms with Gasteiger partial charge in [-0.3, -0.25) is 0 Å². The molecule has 2 rings (SSSR count). The molecule has 0 aromatic rings. The van der Waals surface area contributed by atoms with Crippen molar-refractivity contribution < 1.29 is 4.74 Å². The summed E-state index contributed by atoms with van der Waals surface area (Å²) in [6, 6.07) is 0. The van der Waals surface area contributed by atoms with Gasteiger partial charge in [0, 0.05) is 0 Å². The number of rotatable bonds is 1. The van der Waals surface area contributed by atoms with Crippen LogP contribution in [0.15, 0.2) is 0 Å². The standard InChI is InChI=1S/C11H20O/c1-9(2)11-7-3-5-10(12-11)6-4-8-11/h9-10H,3-8H2,1-2H3. The van der Waals surface area contributed by atoms with Gasteiger partial charge in [0.1, 0.15) is 0 Å². The van der Waals surface area contributed by atoms with Crippen molar-refractivity contribution >= 4 is 0 Å². The molecule has 1 heteroatoms. The van der Waals surface area contributed by atoms with Crippen molar-refractivity contribution in [3.05, 3.63) is 0 Å². The van der Waals surface area contributed by atoms with Crippen molar-refractivity contribution in [1.82, 2.24) is 0 Å². The molecule has 0 aromatic carbocycles. The molecule has 2 bridgehead atoms. The van der Waals surface area contributed by atoms with Crippen molar-refractivity contribution in [1.29, 1.82) is 0 Å². The summed E-state index contributed by atoms with van der Waals surface area (Å²) < 4.78 is 6.17. The first-order chi connectivity index (χ1) is 5.73. The van der Waals surface area contributed by atoms with Gasteiger partial charge in [0.15, 0.2) is 0 Å². The zero-order valence-corrected chi connectivity index (χ0v) is 8.31.